The molecule has 1 aliphatic carbocycles. The van der Waals surface area contributed by atoms with Crippen molar-refractivity contribution in [2.45, 2.75) is 36.4 Å². The molecule has 11 heteroatoms. The third-order valence-corrected chi connectivity index (χ3v) is 7.64. The van der Waals surface area contributed by atoms with Gasteiger partial charge in [0.15, 0.2) is 0 Å². The van der Waals surface area contributed by atoms with Crippen molar-refractivity contribution in [3.05, 3.63) is 53.6 Å². The number of piperazine rings is 1. The lowest BCUT2D eigenvalue weighted by atomic mass is 9.96. The van der Waals surface area contributed by atoms with Crippen LogP contribution in [0.25, 0.3) is 0 Å². The van der Waals surface area contributed by atoms with Crippen molar-refractivity contribution < 1.29 is 31.1 Å². The monoisotopic (exact) mass is 497 g/mol. The van der Waals surface area contributed by atoms with Gasteiger partial charge in [0, 0.05) is 31.9 Å². The Kier molecular flexibility index (Phi) is 6.77. The van der Waals surface area contributed by atoms with Crippen LogP contribution in [0.1, 0.15) is 35.2 Å². The number of hydrogen-bond donors (Lipinski definition) is 1. The highest BCUT2D eigenvalue weighted by Crippen LogP contribution is 2.32. The van der Waals surface area contributed by atoms with Gasteiger partial charge in [-0.2, -0.15) is 13.2 Å². The van der Waals surface area contributed by atoms with E-state index in [4.69, 9.17) is 4.74 Å². The molecule has 0 atom stereocenters. The molecule has 0 aromatic heterocycles. The lowest BCUT2D eigenvalue weighted by Gasteiger charge is -2.36. The van der Waals surface area contributed by atoms with Crippen LogP contribution in [-0.4, -0.2) is 58.6 Å². The highest BCUT2D eigenvalue weighted by Gasteiger charge is 2.31. The van der Waals surface area contributed by atoms with Crippen molar-refractivity contribution in [1.29, 1.82) is 0 Å². The van der Waals surface area contributed by atoms with E-state index in [0.717, 1.165) is 31.4 Å². The summed E-state index contributed by atoms with van der Waals surface area (Å²) in [6, 6.07) is 9.22. The average Bonchev–Trinajstić information content (AvgIpc) is 2.80. The first kappa shape index (κ1) is 24.3. The fraction of sp³-hybridized carbons (Fsp3) is 0.435. The molecule has 0 spiro atoms. The normalized spacial score (nSPS) is 17.4. The maximum Gasteiger partial charge on any atom is 0.416 e. The van der Waals surface area contributed by atoms with E-state index in [9.17, 15) is 26.4 Å². The van der Waals surface area contributed by atoms with Gasteiger partial charge in [0.1, 0.15) is 5.75 Å². The number of carbonyl (C=O) groups is 1. The molecule has 1 saturated heterocycles. The summed E-state index contributed by atoms with van der Waals surface area (Å²) in [4.78, 5) is 16.9. The zero-order valence-corrected chi connectivity index (χ0v) is 19.5. The fourth-order valence-electron chi connectivity index (χ4n) is 3.93. The van der Waals surface area contributed by atoms with E-state index >= 15 is 0 Å². The molecule has 0 unspecified atom stereocenters. The zero-order valence-electron chi connectivity index (χ0n) is 18.6. The molecule has 2 aromatic carbocycles. The number of ether oxygens (including phenoxy) is 1. The third-order valence-electron chi connectivity index (χ3n) is 6.23. The first-order valence-electron chi connectivity index (χ1n) is 11.0. The number of sulfonamides is 1. The number of rotatable bonds is 6. The van der Waals surface area contributed by atoms with Crippen molar-refractivity contribution >= 4 is 21.6 Å². The summed E-state index contributed by atoms with van der Waals surface area (Å²) in [7, 11) is -2.44. The molecule has 1 aliphatic heterocycles. The lowest BCUT2D eigenvalue weighted by molar-refractivity contribution is -0.137. The summed E-state index contributed by atoms with van der Waals surface area (Å²) in [5.41, 5.74) is 0.128. The predicted molar refractivity (Wildman–Crippen MR) is 121 cm³/mol. The number of anilines is 1. The molecule has 0 radical (unpaired) electrons. The molecule has 1 amide bonds. The maximum absolute atomic E-state index is 13.4. The van der Waals surface area contributed by atoms with E-state index in [1.54, 1.807) is 4.90 Å². The van der Waals surface area contributed by atoms with Crippen molar-refractivity contribution in [2.24, 2.45) is 0 Å². The van der Waals surface area contributed by atoms with E-state index in [1.165, 1.54) is 37.4 Å². The first-order valence-corrected chi connectivity index (χ1v) is 12.5. The highest BCUT2D eigenvalue weighted by atomic mass is 32.2. The van der Waals surface area contributed by atoms with Crippen molar-refractivity contribution in [3.63, 3.8) is 0 Å². The maximum atomic E-state index is 13.4. The van der Waals surface area contributed by atoms with Gasteiger partial charge in [-0.25, -0.2) is 13.1 Å². The second kappa shape index (κ2) is 9.46. The fourth-order valence-corrected chi connectivity index (χ4v) is 4.69. The van der Waals surface area contributed by atoms with Crippen LogP contribution in [0.2, 0.25) is 0 Å². The minimum absolute atomic E-state index is 0.00910. The van der Waals surface area contributed by atoms with Crippen molar-refractivity contribution in [2.75, 3.05) is 38.1 Å². The molecular weight excluding hydrogens is 471 g/mol. The van der Waals surface area contributed by atoms with Crippen LogP contribution >= 0.6 is 0 Å². The van der Waals surface area contributed by atoms with Gasteiger partial charge in [-0.15, -0.1) is 0 Å². The van der Waals surface area contributed by atoms with Crippen LogP contribution in [0.5, 0.6) is 5.75 Å². The molecule has 184 valence electrons. The number of nitrogens with zero attached hydrogens (tertiary/aromatic N) is 2. The van der Waals surface area contributed by atoms with E-state index in [0.29, 0.717) is 37.6 Å². The summed E-state index contributed by atoms with van der Waals surface area (Å²) in [5.74, 6) is 0.0180. The van der Waals surface area contributed by atoms with Crippen LogP contribution in [0, 0.1) is 0 Å². The quantitative estimate of drug-likeness (QED) is 0.661. The summed E-state index contributed by atoms with van der Waals surface area (Å²) >= 11 is 0. The second-order valence-corrected chi connectivity index (χ2v) is 10.2. The van der Waals surface area contributed by atoms with Crippen LogP contribution < -0.4 is 14.4 Å². The Labute approximate surface area is 196 Å². The van der Waals surface area contributed by atoms with Gasteiger partial charge in [-0.3, -0.25) is 4.79 Å². The van der Waals surface area contributed by atoms with Gasteiger partial charge in [0.2, 0.25) is 10.0 Å². The van der Waals surface area contributed by atoms with Crippen LogP contribution in [0.3, 0.4) is 0 Å². The summed E-state index contributed by atoms with van der Waals surface area (Å²) in [5, 5.41) is 0. The summed E-state index contributed by atoms with van der Waals surface area (Å²) < 4.78 is 71.2. The molecule has 1 N–H and O–H groups in total. The standard InChI is InChI=1S/C23H26F3N3O4S/c1-27-34(31,32)19-9-10-21(33-18-3-2-4-18)20(15-19)22(30)29-13-11-28(12-14-29)17-7-5-16(6-8-17)23(24,25)26/h5-10,15,18,27H,2-4,11-14H2,1H3. The molecule has 2 aliphatic rings. The van der Waals surface area contributed by atoms with E-state index in [2.05, 4.69) is 4.72 Å². The minimum atomic E-state index is -4.39. The molecule has 1 saturated carbocycles. The van der Waals surface area contributed by atoms with Gasteiger partial charge in [0.25, 0.3) is 5.91 Å². The third kappa shape index (κ3) is 5.15. The first-order chi connectivity index (χ1) is 16.1. The SMILES string of the molecule is CNS(=O)(=O)c1ccc(OC2CCC2)c(C(=O)N2CCN(c3ccc(C(F)(F)F)cc3)CC2)c1. The molecule has 4 rings (SSSR count). The number of benzene rings is 2. The molecule has 2 fully saturated rings. The topological polar surface area (TPSA) is 78.9 Å². The van der Waals surface area contributed by atoms with Crippen molar-refractivity contribution in [3.8, 4) is 5.75 Å². The minimum Gasteiger partial charge on any atom is -0.490 e. The smallest absolute Gasteiger partial charge is 0.416 e. The zero-order chi connectivity index (χ0) is 24.5. The number of carbonyl (C=O) groups excluding carboxylic acids is 1. The molecule has 1 heterocycles. The summed E-state index contributed by atoms with van der Waals surface area (Å²) in [6.07, 6.45) is -1.56. The molecule has 0 bridgehead atoms. The van der Waals surface area contributed by atoms with Gasteiger partial charge < -0.3 is 14.5 Å². The van der Waals surface area contributed by atoms with E-state index in [1.807, 2.05) is 4.90 Å². The Bertz CT molecular complexity index is 1140. The van der Waals surface area contributed by atoms with Gasteiger partial charge >= 0.3 is 6.18 Å². The van der Waals surface area contributed by atoms with E-state index < -0.39 is 21.8 Å². The molecule has 34 heavy (non-hydrogen) atoms. The Morgan fingerprint density at radius 2 is 1.68 bits per heavy atom. The Hall–Kier alpha value is -2.79. The van der Waals surface area contributed by atoms with Gasteiger partial charge in [-0.1, -0.05) is 0 Å². The number of alkyl halides is 3. The lowest BCUT2D eigenvalue weighted by Crippen LogP contribution is -2.49. The van der Waals surface area contributed by atoms with Crippen LogP contribution in [-0.2, 0) is 16.2 Å². The Morgan fingerprint density at radius 3 is 2.21 bits per heavy atom. The highest BCUT2D eigenvalue weighted by molar-refractivity contribution is 7.89. The number of amides is 1. The number of hydrogen-bond acceptors (Lipinski definition) is 5. The van der Waals surface area contributed by atoms with E-state index in [-0.39, 0.29) is 22.5 Å². The van der Waals surface area contributed by atoms with Gasteiger partial charge in [-0.05, 0) is 68.8 Å². The number of nitrogens with one attached hydrogen (secondary N) is 1. The molecular formula is C23H26F3N3O4S. The predicted octanol–water partition coefficient (Wildman–Crippen LogP) is 3.51. The average molecular weight is 498 g/mol. The number of halogens is 3. The molecule has 7 nitrogen and oxygen atoms in total. The van der Waals surface area contributed by atoms with Crippen molar-refractivity contribution in [1.82, 2.24) is 9.62 Å². The van der Waals surface area contributed by atoms with Gasteiger partial charge in [0.05, 0.1) is 22.1 Å². The Balaban J connectivity index is 1.50. The van der Waals surface area contributed by atoms with Crippen LogP contribution in [0.15, 0.2) is 47.4 Å². The second-order valence-electron chi connectivity index (χ2n) is 8.36. The largest absolute Gasteiger partial charge is 0.490 e. The Morgan fingerprint density at radius 1 is 1.03 bits per heavy atom. The van der Waals surface area contributed by atoms with Crippen LogP contribution in [0.4, 0.5) is 18.9 Å². The summed E-state index contributed by atoms with van der Waals surface area (Å²) in [6.45, 7) is 1.55. The molecule has 2 aromatic rings.